The molecule has 0 spiro atoms. The van der Waals surface area contributed by atoms with Crippen LogP contribution in [0.15, 0.2) is 28.2 Å². The van der Waals surface area contributed by atoms with Crippen molar-refractivity contribution in [3.8, 4) is 0 Å². The van der Waals surface area contributed by atoms with Gasteiger partial charge in [-0.15, -0.1) is 0 Å². The molecule has 9 heteroatoms. The molecular weight excluding hydrogens is 353 g/mol. The first kappa shape index (κ1) is 14.4. The average molecular weight is 360 g/mol. The molecule has 1 heterocycles. The van der Waals surface area contributed by atoms with E-state index in [2.05, 4.69) is 31.5 Å². The molecule has 1 aromatic heterocycles. The van der Waals surface area contributed by atoms with Gasteiger partial charge in [0.1, 0.15) is 5.82 Å². The summed E-state index contributed by atoms with van der Waals surface area (Å²) in [7, 11) is 0. The SMILES string of the molecule is O=C(Nc1ncc(Br)s1)Nc1ccc(F)cc1C(=O)O. The van der Waals surface area contributed by atoms with Crippen molar-refractivity contribution in [1.29, 1.82) is 0 Å². The lowest BCUT2D eigenvalue weighted by atomic mass is 10.2. The molecule has 0 aliphatic heterocycles. The maximum absolute atomic E-state index is 13.0. The number of carboxylic acids is 1. The lowest BCUT2D eigenvalue weighted by molar-refractivity contribution is 0.0697. The summed E-state index contributed by atoms with van der Waals surface area (Å²) in [5, 5.41) is 14.0. The number of urea groups is 1. The minimum Gasteiger partial charge on any atom is -0.478 e. The lowest BCUT2D eigenvalue weighted by Crippen LogP contribution is -2.21. The van der Waals surface area contributed by atoms with E-state index in [1.807, 2.05) is 0 Å². The van der Waals surface area contributed by atoms with Crippen LogP contribution in [-0.4, -0.2) is 22.1 Å². The number of halogens is 2. The standard InChI is InChI=1S/C11H7BrFN3O3S/c12-8-4-14-11(20-8)16-10(19)15-7-2-1-5(13)3-6(7)9(17)18/h1-4H,(H,17,18)(H2,14,15,16,19). The topological polar surface area (TPSA) is 91.3 Å². The highest BCUT2D eigenvalue weighted by molar-refractivity contribution is 9.11. The van der Waals surface area contributed by atoms with Gasteiger partial charge in [0.15, 0.2) is 5.13 Å². The third kappa shape index (κ3) is 3.52. The Kier molecular flexibility index (Phi) is 4.30. The van der Waals surface area contributed by atoms with Crippen molar-refractivity contribution in [2.45, 2.75) is 0 Å². The quantitative estimate of drug-likeness (QED) is 0.783. The van der Waals surface area contributed by atoms with E-state index in [1.165, 1.54) is 23.6 Å². The summed E-state index contributed by atoms with van der Waals surface area (Å²) in [5.41, 5.74) is -0.340. The average Bonchev–Trinajstić information content (AvgIpc) is 2.76. The highest BCUT2D eigenvalue weighted by Crippen LogP contribution is 2.23. The van der Waals surface area contributed by atoms with Gasteiger partial charge >= 0.3 is 12.0 Å². The van der Waals surface area contributed by atoms with Gasteiger partial charge in [-0.25, -0.2) is 19.0 Å². The largest absolute Gasteiger partial charge is 0.478 e. The van der Waals surface area contributed by atoms with E-state index >= 15 is 0 Å². The molecule has 0 bridgehead atoms. The number of rotatable bonds is 3. The van der Waals surface area contributed by atoms with Gasteiger partial charge in [0.25, 0.3) is 0 Å². The van der Waals surface area contributed by atoms with Crippen LogP contribution in [-0.2, 0) is 0 Å². The second kappa shape index (κ2) is 5.97. The molecule has 0 saturated carbocycles. The second-order valence-electron chi connectivity index (χ2n) is 3.54. The first-order chi connectivity index (χ1) is 9.45. The van der Waals surface area contributed by atoms with Crippen LogP contribution >= 0.6 is 27.3 Å². The van der Waals surface area contributed by atoms with Gasteiger partial charge < -0.3 is 10.4 Å². The molecule has 0 aliphatic rings. The Bertz CT molecular complexity index is 677. The van der Waals surface area contributed by atoms with Gasteiger partial charge in [-0.3, -0.25) is 5.32 Å². The van der Waals surface area contributed by atoms with E-state index in [4.69, 9.17) is 5.11 Å². The third-order valence-corrected chi connectivity index (χ3v) is 3.55. The van der Waals surface area contributed by atoms with E-state index in [-0.39, 0.29) is 11.3 Å². The molecule has 0 saturated heterocycles. The summed E-state index contributed by atoms with van der Waals surface area (Å²) in [6.45, 7) is 0. The van der Waals surface area contributed by atoms with E-state index in [9.17, 15) is 14.0 Å². The number of thiazole rings is 1. The van der Waals surface area contributed by atoms with E-state index in [1.54, 1.807) is 0 Å². The molecule has 0 atom stereocenters. The van der Waals surface area contributed by atoms with Crippen molar-refractivity contribution in [3.05, 3.63) is 39.6 Å². The fourth-order valence-electron chi connectivity index (χ4n) is 1.37. The van der Waals surface area contributed by atoms with Crippen LogP contribution in [0.2, 0.25) is 0 Å². The van der Waals surface area contributed by atoms with E-state index < -0.39 is 17.8 Å². The highest BCUT2D eigenvalue weighted by Gasteiger charge is 2.14. The van der Waals surface area contributed by atoms with Crippen molar-refractivity contribution in [2.24, 2.45) is 0 Å². The molecule has 2 rings (SSSR count). The summed E-state index contributed by atoms with van der Waals surface area (Å²) in [6, 6.07) is 2.40. The molecule has 20 heavy (non-hydrogen) atoms. The Balaban J connectivity index is 2.13. The summed E-state index contributed by atoms with van der Waals surface area (Å²) in [6.07, 6.45) is 1.51. The Labute approximate surface area is 124 Å². The predicted molar refractivity (Wildman–Crippen MR) is 75.8 cm³/mol. The second-order valence-corrected chi connectivity index (χ2v) is 5.95. The Hall–Kier alpha value is -2.00. The number of aromatic carboxylic acids is 1. The highest BCUT2D eigenvalue weighted by atomic mass is 79.9. The molecule has 104 valence electrons. The molecule has 2 aromatic rings. The first-order valence-electron chi connectivity index (χ1n) is 5.18. The maximum atomic E-state index is 13.0. The monoisotopic (exact) mass is 359 g/mol. The van der Waals surface area contributed by atoms with Crippen molar-refractivity contribution in [2.75, 3.05) is 10.6 Å². The summed E-state index contributed by atoms with van der Waals surface area (Å²) in [5.74, 6) is -2.03. The van der Waals surface area contributed by atoms with Gasteiger partial charge in [0, 0.05) is 0 Å². The van der Waals surface area contributed by atoms with E-state index in [0.29, 0.717) is 5.13 Å². The van der Waals surface area contributed by atoms with Crippen LogP contribution in [0.4, 0.5) is 20.0 Å². The molecular formula is C11H7BrFN3O3S. The van der Waals surface area contributed by atoms with Crippen LogP contribution in [0.5, 0.6) is 0 Å². The molecule has 1 aromatic carbocycles. The van der Waals surface area contributed by atoms with Crippen molar-refractivity contribution in [1.82, 2.24) is 4.98 Å². The minimum atomic E-state index is -1.34. The number of anilines is 2. The molecule has 6 nitrogen and oxygen atoms in total. The third-order valence-electron chi connectivity index (χ3n) is 2.16. The van der Waals surface area contributed by atoms with Gasteiger partial charge in [-0.2, -0.15) is 0 Å². The van der Waals surface area contributed by atoms with E-state index in [0.717, 1.165) is 15.9 Å². The summed E-state index contributed by atoms with van der Waals surface area (Å²) < 4.78 is 13.7. The zero-order valence-corrected chi connectivity index (χ0v) is 12.1. The molecule has 0 radical (unpaired) electrons. The number of carbonyl (C=O) groups is 2. The van der Waals surface area contributed by atoms with Gasteiger partial charge in [0.05, 0.1) is 21.2 Å². The first-order valence-corrected chi connectivity index (χ1v) is 6.79. The van der Waals surface area contributed by atoms with Crippen LogP contribution in [0.3, 0.4) is 0 Å². The summed E-state index contributed by atoms with van der Waals surface area (Å²) >= 11 is 4.39. The predicted octanol–water partition coefficient (Wildman–Crippen LogP) is 3.39. The molecule has 0 fully saturated rings. The maximum Gasteiger partial charge on any atom is 0.337 e. The Morgan fingerprint density at radius 1 is 1.35 bits per heavy atom. The van der Waals surface area contributed by atoms with Crippen molar-refractivity contribution >= 4 is 50.1 Å². The number of carbonyl (C=O) groups excluding carboxylic acids is 1. The van der Waals surface area contributed by atoms with Crippen molar-refractivity contribution < 1.29 is 19.1 Å². The van der Waals surface area contributed by atoms with Gasteiger partial charge in [0.2, 0.25) is 0 Å². The minimum absolute atomic E-state index is 0.00739. The normalized spacial score (nSPS) is 10.1. The Morgan fingerprint density at radius 3 is 2.70 bits per heavy atom. The molecule has 0 aliphatic carbocycles. The number of amides is 2. The lowest BCUT2D eigenvalue weighted by Gasteiger charge is -2.08. The molecule has 0 unspecified atom stereocenters. The number of aromatic nitrogens is 1. The number of benzene rings is 1. The zero-order chi connectivity index (χ0) is 14.7. The van der Waals surface area contributed by atoms with Crippen LogP contribution in [0.25, 0.3) is 0 Å². The molecule has 3 N–H and O–H groups in total. The number of carboxylic acid groups (broad SMARTS) is 1. The molecule has 2 amide bonds. The number of hydrogen-bond acceptors (Lipinski definition) is 4. The number of hydrogen-bond donors (Lipinski definition) is 3. The Morgan fingerprint density at radius 2 is 2.10 bits per heavy atom. The zero-order valence-electron chi connectivity index (χ0n) is 9.68. The number of nitrogens with zero attached hydrogens (tertiary/aromatic N) is 1. The van der Waals surface area contributed by atoms with Crippen LogP contribution in [0.1, 0.15) is 10.4 Å². The van der Waals surface area contributed by atoms with Gasteiger partial charge in [-0.1, -0.05) is 11.3 Å². The summed E-state index contributed by atoms with van der Waals surface area (Å²) in [4.78, 5) is 26.5. The fraction of sp³-hybridized carbons (Fsp3) is 0. The van der Waals surface area contributed by atoms with Crippen molar-refractivity contribution in [3.63, 3.8) is 0 Å². The number of nitrogens with one attached hydrogen (secondary N) is 2. The smallest absolute Gasteiger partial charge is 0.337 e. The van der Waals surface area contributed by atoms with Crippen LogP contribution in [0, 0.1) is 5.82 Å². The van der Waals surface area contributed by atoms with Gasteiger partial charge in [-0.05, 0) is 34.1 Å². The fourth-order valence-corrected chi connectivity index (χ4v) is 2.47. The van der Waals surface area contributed by atoms with Crippen LogP contribution < -0.4 is 10.6 Å².